The molecule has 0 spiro atoms. The van der Waals surface area contributed by atoms with Crippen LogP contribution in [0.4, 0.5) is 0 Å². The quantitative estimate of drug-likeness (QED) is 0.858. The Kier molecular flexibility index (Phi) is 4.24. The Morgan fingerprint density at radius 2 is 2.45 bits per heavy atom. The highest BCUT2D eigenvalue weighted by Gasteiger charge is 2.29. The number of hydrogen-bond acceptors (Lipinski definition) is 3. The monoisotopic (exact) mass is 298 g/mol. The van der Waals surface area contributed by atoms with Crippen molar-refractivity contribution in [3.8, 4) is 0 Å². The van der Waals surface area contributed by atoms with Gasteiger partial charge in [-0.1, -0.05) is 6.08 Å². The number of nitrogens with one attached hydrogen (secondary N) is 1. The van der Waals surface area contributed by atoms with Crippen molar-refractivity contribution in [1.82, 2.24) is 19.6 Å². The second-order valence-corrected chi connectivity index (χ2v) is 5.86. The van der Waals surface area contributed by atoms with E-state index in [1.54, 1.807) is 0 Å². The highest BCUT2D eigenvalue weighted by Crippen LogP contribution is 2.17. The van der Waals surface area contributed by atoms with Crippen LogP contribution in [0, 0.1) is 6.92 Å². The zero-order valence-electron chi connectivity index (χ0n) is 13.0. The number of rotatable bonds is 5. The molecule has 1 aliphatic heterocycles. The number of carbonyl (C=O) groups excluding carboxylic acids is 1. The fraction of sp³-hybridized carbons (Fsp3) is 0.412. The molecule has 2 aromatic heterocycles. The number of fused-ring (bicyclic) bond motifs is 1. The minimum atomic E-state index is -0.0303. The number of carbonyl (C=O) groups is 1. The molecule has 116 valence electrons. The lowest BCUT2D eigenvalue weighted by atomic mass is 10.2. The Bertz CT molecular complexity index is 691. The molecule has 1 atom stereocenters. The fourth-order valence-corrected chi connectivity index (χ4v) is 3.02. The molecule has 1 amide bonds. The largest absolute Gasteiger partial charge is 0.349 e. The van der Waals surface area contributed by atoms with E-state index < -0.39 is 0 Å². The Balaban J connectivity index is 1.63. The highest BCUT2D eigenvalue weighted by atomic mass is 16.2. The molecule has 22 heavy (non-hydrogen) atoms. The number of aromatic nitrogens is 2. The van der Waals surface area contributed by atoms with E-state index in [4.69, 9.17) is 0 Å². The molecule has 1 aliphatic rings. The highest BCUT2D eigenvalue weighted by molar-refractivity contribution is 5.82. The molecule has 0 aliphatic carbocycles. The number of hydrogen-bond donors (Lipinski definition) is 1. The van der Waals surface area contributed by atoms with Gasteiger partial charge in [0.05, 0.1) is 18.3 Å². The van der Waals surface area contributed by atoms with Crippen LogP contribution in [0.3, 0.4) is 0 Å². The van der Waals surface area contributed by atoms with E-state index in [1.807, 2.05) is 41.9 Å². The van der Waals surface area contributed by atoms with Crippen LogP contribution in [-0.4, -0.2) is 39.3 Å². The Morgan fingerprint density at radius 1 is 1.59 bits per heavy atom. The zero-order chi connectivity index (χ0) is 15.5. The standard InChI is InChI=1S/C17H22N4O/c1-3-7-20-8-4-5-15(20)17(22)18-11-14-12-21-9-6-13(2)10-16(21)19-14/h3,6,9-10,12,15H,1,4-5,7-8,11H2,2H3,(H,18,22)/t15-/m0/s1. The molecule has 3 heterocycles. The minimum absolute atomic E-state index is 0.0303. The van der Waals surface area contributed by atoms with Crippen molar-refractivity contribution < 1.29 is 4.79 Å². The Morgan fingerprint density at radius 3 is 3.27 bits per heavy atom. The fourth-order valence-electron chi connectivity index (χ4n) is 3.02. The third kappa shape index (κ3) is 3.04. The normalized spacial score (nSPS) is 18.7. The van der Waals surface area contributed by atoms with Gasteiger partial charge < -0.3 is 9.72 Å². The van der Waals surface area contributed by atoms with Crippen molar-refractivity contribution in [3.63, 3.8) is 0 Å². The molecule has 0 radical (unpaired) electrons. The van der Waals surface area contributed by atoms with Crippen LogP contribution in [0.25, 0.3) is 5.65 Å². The molecule has 1 saturated heterocycles. The molecule has 5 heteroatoms. The van der Waals surface area contributed by atoms with E-state index in [0.29, 0.717) is 6.54 Å². The van der Waals surface area contributed by atoms with E-state index in [9.17, 15) is 4.79 Å². The van der Waals surface area contributed by atoms with Crippen LogP contribution in [0.15, 0.2) is 37.2 Å². The van der Waals surface area contributed by atoms with Gasteiger partial charge in [-0.15, -0.1) is 6.58 Å². The lowest BCUT2D eigenvalue weighted by Crippen LogP contribution is -2.43. The number of pyridine rings is 1. The predicted molar refractivity (Wildman–Crippen MR) is 86.6 cm³/mol. The summed E-state index contributed by atoms with van der Waals surface area (Å²) in [5, 5.41) is 3.01. The van der Waals surface area contributed by atoms with Gasteiger partial charge in [-0.25, -0.2) is 4.98 Å². The Labute approximate surface area is 130 Å². The predicted octanol–water partition coefficient (Wildman–Crippen LogP) is 1.91. The zero-order valence-corrected chi connectivity index (χ0v) is 13.0. The Hall–Kier alpha value is -2.14. The lowest BCUT2D eigenvalue weighted by Gasteiger charge is -2.21. The molecule has 0 unspecified atom stereocenters. The van der Waals surface area contributed by atoms with Crippen molar-refractivity contribution in [1.29, 1.82) is 0 Å². The first-order valence-electron chi connectivity index (χ1n) is 7.74. The summed E-state index contributed by atoms with van der Waals surface area (Å²) < 4.78 is 1.98. The lowest BCUT2D eigenvalue weighted by molar-refractivity contribution is -0.125. The van der Waals surface area contributed by atoms with Crippen LogP contribution < -0.4 is 5.32 Å². The molecule has 0 bridgehead atoms. The first kappa shape index (κ1) is 14.8. The van der Waals surface area contributed by atoms with Crippen LogP contribution >= 0.6 is 0 Å². The first-order valence-corrected chi connectivity index (χ1v) is 7.74. The van der Waals surface area contributed by atoms with Gasteiger partial charge in [0.25, 0.3) is 0 Å². The van der Waals surface area contributed by atoms with Gasteiger partial charge in [0, 0.05) is 18.9 Å². The summed E-state index contributed by atoms with van der Waals surface area (Å²) in [4.78, 5) is 19.1. The number of imidazole rings is 1. The van der Waals surface area contributed by atoms with Crippen LogP contribution in [0.2, 0.25) is 0 Å². The smallest absolute Gasteiger partial charge is 0.237 e. The van der Waals surface area contributed by atoms with E-state index in [0.717, 1.165) is 37.3 Å². The molecule has 0 aromatic carbocycles. The average Bonchev–Trinajstić information content (AvgIpc) is 3.11. The summed E-state index contributed by atoms with van der Waals surface area (Å²) in [7, 11) is 0. The van der Waals surface area contributed by atoms with Gasteiger partial charge in [0.15, 0.2) is 0 Å². The minimum Gasteiger partial charge on any atom is -0.349 e. The number of nitrogens with zero attached hydrogens (tertiary/aromatic N) is 3. The van der Waals surface area contributed by atoms with E-state index in [2.05, 4.69) is 21.8 Å². The van der Waals surface area contributed by atoms with Gasteiger partial charge in [-0.3, -0.25) is 9.69 Å². The second kappa shape index (κ2) is 6.32. The molecular formula is C17H22N4O. The summed E-state index contributed by atoms with van der Waals surface area (Å²) in [6.07, 6.45) is 7.80. The van der Waals surface area contributed by atoms with Crippen LogP contribution in [0.5, 0.6) is 0 Å². The molecule has 1 fully saturated rings. The maximum atomic E-state index is 12.4. The molecule has 2 aromatic rings. The summed E-state index contributed by atoms with van der Waals surface area (Å²) in [6, 6.07) is 4.05. The van der Waals surface area contributed by atoms with Crippen LogP contribution in [0.1, 0.15) is 24.1 Å². The van der Waals surface area contributed by atoms with Gasteiger partial charge in [0.1, 0.15) is 5.65 Å². The van der Waals surface area contributed by atoms with Crippen LogP contribution in [-0.2, 0) is 11.3 Å². The average molecular weight is 298 g/mol. The van der Waals surface area contributed by atoms with E-state index >= 15 is 0 Å². The van der Waals surface area contributed by atoms with Gasteiger partial charge in [-0.2, -0.15) is 0 Å². The van der Waals surface area contributed by atoms with Gasteiger partial charge in [0.2, 0.25) is 5.91 Å². The van der Waals surface area contributed by atoms with E-state index in [1.165, 1.54) is 5.56 Å². The van der Waals surface area contributed by atoms with Crippen molar-refractivity contribution in [3.05, 3.63) is 48.4 Å². The third-order valence-corrected chi connectivity index (χ3v) is 4.14. The molecule has 5 nitrogen and oxygen atoms in total. The summed E-state index contributed by atoms with van der Waals surface area (Å²) in [6.45, 7) is 8.01. The summed E-state index contributed by atoms with van der Waals surface area (Å²) in [5.41, 5.74) is 2.98. The summed E-state index contributed by atoms with van der Waals surface area (Å²) >= 11 is 0. The molecular weight excluding hydrogens is 276 g/mol. The third-order valence-electron chi connectivity index (χ3n) is 4.14. The van der Waals surface area contributed by atoms with Crippen molar-refractivity contribution in [2.45, 2.75) is 32.4 Å². The van der Waals surface area contributed by atoms with Gasteiger partial charge in [-0.05, 0) is 44.0 Å². The molecule has 3 rings (SSSR count). The molecule has 1 N–H and O–H groups in total. The summed E-state index contributed by atoms with van der Waals surface area (Å²) in [5.74, 6) is 0.0904. The van der Waals surface area contributed by atoms with Gasteiger partial charge >= 0.3 is 0 Å². The van der Waals surface area contributed by atoms with Crippen molar-refractivity contribution >= 4 is 11.6 Å². The number of aryl methyl sites for hydroxylation is 1. The topological polar surface area (TPSA) is 49.6 Å². The number of amides is 1. The maximum Gasteiger partial charge on any atom is 0.237 e. The second-order valence-electron chi connectivity index (χ2n) is 5.86. The maximum absolute atomic E-state index is 12.4. The first-order chi connectivity index (χ1) is 10.7. The van der Waals surface area contributed by atoms with Crippen molar-refractivity contribution in [2.24, 2.45) is 0 Å². The van der Waals surface area contributed by atoms with Crippen molar-refractivity contribution in [2.75, 3.05) is 13.1 Å². The van der Waals surface area contributed by atoms with E-state index in [-0.39, 0.29) is 11.9 Å². The molecule has 0 saturated carbocycles. The SMILES string of the molecule is C=CCN1CCC[C@H]1C(=O)NCc1cn2ccc(C)cc2n1. The number of likely N-dealkylation sites (tertiary alicyclic amines) is 1.